The van der Waals surface area contributed by atoms with Gasteiger partial charge in [0.15, 0.2) is 0 Å². The predicted molar refractivity (Wildman–Crippen MR) is 38.4 cm³/mol. The molecule has 0 heterocycles. The molecule has 0 nitrogen and oxygen atoms in total. The van der Waals surface area contributed by atoms with Crippen LogP contribution in [-0.4, -0.2) is 9.96 Å². The van der Waals surface area contributed by atoms with Crippen molar-refractivity contribution < 1.29 is 13.2 Å². The van der Waals surface area contributed by atoms with Crippen LogP contribution in [0.2, 0.25) is 0 Å². The van der Waals surface area contributed by atoms with Gasteiger partial charge in [0, 0.05) is 0 Å². The molecule has 0 N–H and O–H groups in total. The molecule has 0 bridgehead atoms. The highest BCUT2D eigenvalue weighted by Gasteiger charge is 2.49. The van der Waals surface area contributed by atoms with Crippen LogP contribution >= 0.6 is 27.5 Å². The molecule has 0 amide bonds. The maximum absolute atomic E-state index is 12.5. The predicted octanol–water partition coefficient (Wildman–Crippen LogP) is 3.45. The number of hydrogen-bond acceptors (Lipinski definition) is 0. The first-order chi connectivity index (χ1) is 4.31. The van der Waals surface area contributed by atoms with Crippen LogP contribution < -0.4 is 0 Å². The number of rotatable bonds is 2. The zero-order valence-corrected chi connectivity index (χ0v) is 7.39. The van der Waals surface area contributed by atoms with E-state index in [9.17, 15) is 13.2 Å². The van der Waals surface area contributed by atoms with E-state index in [1.54, 1.807) is 0 Å². The molecule has 60 valence electrons. The number of alkyl halides is 5. The highest BCUT2D eigenvalue weighted by Crippen LogP contribution is 2.42. The number of hydrogen-bond donors (Lipinski definition) is 0. The number of allylic oxidation sites excluding steroid dienone is 2. The SMILES string of the molecule is C/C=C\C(F)(Cl)C(F)(F)Br. The molecule has 0 saturated heterocycles. The van der Waals surface area contributed by atoms with Gasteiger partial charge in [0.25, 0.3) is 5.13 Å². The van der Waals surface area contributed by atoms with E-state index in [1.807, 2.05) is 15.9 Å². The summed E-state index contributed by atoms with van der Waals surface area (Å²) >= 11 is 6.57. The fourth-order valence-corrected chi connectivity index (χ4v) is 0.562. The minimum atomic E-state index is -3.73. The van der Waals surface area contributed by atoms with Crippen LogP contribution in [0.25, 0.3) is 0 Å². The van der Waals surface area contributed by atoms with Crippen molar-refractivity contribution in [2.24, 2.45) is 0 Å². The molecule has 0 aromatic rings. The molecule has 10 heavy (non-hydrogen) atoms. The average molecular weight is 237 g/mol. The second kappa shape index (κ2) is 3.13. The van der Waals surface area contributed by atoms with Gasteiger partial charge in [-0.3, -0.25) is 0 Å². The van der Waals surface area contributed by atoms with Gasteiger partial charge in [-0.05, 0) is 28.9 Å². The van der Waals surface area contributed by atoms with Gasteiger partial charge >= 0.3 is 4.83 Å². The quantitative estimate of drug-likeness (QED) is 0.510. The van der Waals surface area contributed by atoms with Crippen molar-refractivity contribution in [1.29, 1.82) is 0 Å². The van der Waals surface area contributed by atoms with Crippen LogP contribution in [0.3, 0.4) is 0 Å². The van der Waals surface area contributed by atoms with E-state index < -0.39 is 9.96 Å². The monoisotopic (exact) mass is 236 g/mol. The van der Waals surface area contributed by atoms with E-state index in [-0.39, 0.29) is 0 Å². The smallest absolute Gasteiger partial charge is 0.214 e. The maximum Gasteiger partial charge on any atom is 0.352 e. The van der Waals surface area contributed by atoms with Gasteiger partial charge in [-0.1, -0.05) is 17.7 Å². The third-order valence-corrected chi connectivity index (χ3v) is 1.92. The molecular formula is C5H5BrClF3. The van der Waals surface area contributed by atoms with Gasteiger partial charge in [0.05, 0.1) is 0 Å². The Balaban J connectivity index is 4.40. The second-order valence-electron chi connectivity index (χ2n) is 1.62. The lowest BCUT2D eigenvalue weighted by Crippen LogP contribution is -2.31. The van der Waals surface area contributed by atoms with Gasteiger partial charge in [0.1, 0.15) is 0 Å². The van der Waals surface area contributed by atoms with Gasteiger partial charge in [-0.15, -0.1) is 0 Å². The summed E-state index contributed by atoms with van der Waals surface area (Å²) in [4.78, 5) is -3.73. The lowest BCUT2D eigenvalue weighted by molar-refractivity contribution is 0.0218. The third-order valence-electron chi connectivity index (χ3n) is 0.754. The molecule has 0 spiro atoms. The van der Waals surface area contributed by atoms with E-state index in [0.29, 0.717) is 6.08 Å². The summed E-state index contributed by atoms with van der Waals surface area (Å²) in [6.07, 6.45) is 1.69. The Kier molecular flexibility index (Phi) is 3.23. The van der Waals surface area contributed by atoms with Gasteiger partial charge < -0.3 is 0 Å². The maximum atomic E-state index is 12.5. The first kappa shape index (κ1) is 10.3. The Labute approximate surface area is 70.2 Å². The van der Waals surface area contributed by atoms with Crippen molar-refractivity contribution in [3.8, 4) is 0 Å². The fraction of sp³-hybridized carbons (Fsp3) is 0.600. The standard InChI is InChI=1S/C5H5BrClF3/c1-2-3-4(7,8)5(6,9)10/h2-3H,1H3/b3-2-. The highest BCUT2D eigenvalue weighted by molar-refractivity contribution is 9.10. The van der Waals surface area contributed by atoms with Crippen molar-refractivity contribution in [2.45, 2.75) is 16.9 Å². The van der Waals surface area contributed by atoms with Crippen LogP contribution in [0.4, 0.5) is 13.2 Å². The van der Waals surface area contributed by atoms with Gasteiger partial charge in [0.2, 0.25) is 0 Å². The van der Waals surface area contributed by atoms with Crippen molar-refractivity contribution in [1.82, 2.24) is 0 Å². The molecular weight excluding hydrogens is 232 g/mol. The summed E-state index contributed by atoms with van der Waals surface area (Å²) in [6.45, 7) is 1.40. The van der Waals surface area contributed by atoms with Crippen LogP contribution in [0.15, 0.2) is 12.2 Å². The van der Waals surface area contributed by atoms with Crippen molar-refractivity contribution >= 4 is 27.5 Å². The first-order valence-corrected chi connectivity index (χ1v) is 3.57. The van der Waals surface area contributed by atoms with Crippen LogP contribution in [-0.2, 0) is 0 Å². The molecule has 1 atom stereocenters. The molecule has 0 saturated carbocycles. The molecule has 0 fully saturated rings. The third kappa shape index (κ3) is 2.50. The summed E-state index contributed by atoms with van der Waals surface area (Å²) in [5, 5.41) is -3.14. The number of halogens is 5. The van der Waals surface area contributed by atoms with E-state index in [0.717, 1.165) is 6.08 Å². The summed E-state index contributed by atoms with van der Waals surface area (Å²) in [5.74, 6) is 0. The van der Waals surface area contributed by atoms with Crippen molar-refractivity contribution in [3.63, 3.8) is 0 Å². The van der Waals surface area contributed by atoms with E-state index in [2.05, 4.69) is 0 Å². The van der Waals surface area contributed by atoms with Crippen molar-refractivity contribution in [3.05, 3.63) is 12.2 Å². The minimum absolute atomic E-state index is 0.573. The van der Waals surface area contributed by atoms with E-state index in [4.69, 9.17) is 11.6 Å². The molecule has 0 aliphatic carbocycles. The minimum Gasteiger partial charge on any atom is -0.214 e. The van der Waals surface area contributed by atoms with E-state index >= 15 is 0 Å². The highest BCUT2D eigenvalue weighted by atomic mass is 79.9. The zero-order chi connectivity index (χ0) is 8.41. The van der Waals surface area contributed by atoms with Crippen molar-refractivity contribution in [2.75, 3.05) is 0 Å². The lowest BCUT2D eigenvalue weighted by Gasteiger charge is -2.18. The van der Waals surface area contributed by atoms with Gasteiger partial charge in [-0.25, -0.2) is 4.39 Å². The summed E-state index contributed by atoms with van der Waals surface area (Å²) in [6, 6.07) is 0. The molecule has 0 aromatic heterocycles. The Morgan fingerprint density at radius 1 is 1.40 bits per heavy atom. The normalized spacial score (nSPS) is 19.4. The Hall–Kier alpha value is 0.300. The molecule has 0 aliphatic heterocycles. The summed E-state index contributed by atoms with van der Waals surface area (Å²) < 4.78 is 36.6. The molecule has 0 radical (unpaired) electrons. The lowest BCUT2D eigenvalue weighted by atomic mass is 10.3. The Morgan fingerprint density at radius 2 is 1.80 bits per heavy atom. The van der Waals surface area contributed by atoms with Crippen LogP contribution in [0, 0.1) is 0 Å². The average Bonchev–Trinajstić information content (AvgIpc) is 1.61. The summed E-state index contributed by atoms with van der Waals surface area (Å²) in [5.41, 5.74) is 0. The van der Waals surface area contributed by atoms with Crippen LogP contribution in [0.1, 0.15) is 6.92 Å². The summed E-state index contributed by atoms with van der Waals surface area (Å²) in [7, 11) is 0. The molecule has 5 heteroatoms. The zero-order valence-electron chi connectivity index (χ0n) is 5.04. The molecule has 0 rings (SSSR count). The van der Waals surface area contributed by atoms with Crippen LogP contribution in [0.5, 0.6) is 0 Å². The first-order valence-electron chi connectivity index (χ1n) is 2.39. The molecule has 1 unspecified atom stereocenters. The molecule has 0 aromatic carbocycles. The van der Waals surface area contributed by atoms with Gasteiger partial charge in [-0.2, -0.15) is 8.78 Å². The fourth-order valence-electron chi connectivity index (χ4n) is 0.304. The Bertz CT molecular complexity index is 138. The van der Waals surface area contributed by atoms with E-state index in [1.165, 1.54) is 6.92 Å². The largest absolute Gasteiger partial charge is 0.352 e. The second-order valence-corrected chi connectivity index (χ2v) is 3.17. The molecule has 0 aliphatic rings. The Morgan fingerprint density at radius 3 is 1.90 bits per heavy atom. The topological polar surface area (TPSA) is 0 Å².